The average molecular weight is 777 g/mol. The fourth-order valence-corrected chi connectivity index (χ4v) is 10.4. The van der Waals surface area contributed by atoms with Crippen molar-refractivity contribution in [2.75, 3.05) is 33.0 Å². The fourth-order valence-electron chi connectivity index (χ4n) is 5.87. The van der Waals surface area contributed by atoms with Gasteiger partial charge < -0.3 is 25.6 Å². The van der Waals surface area contributed by atoms with Crippen LogP contribution < -0.4 is 25.2 Å². The first-order chi connectivity index (χ1) is 25.4. The van der Waals surface area contributed by atoms with Gasteiger partial charge in [0.05, 0.1) is 52.3 Å². The van der Waals surface area contributed by atoms with E-state index in [9.17, 15) is 26.7 Å². The highest BCUT2D eigenvalue weighted by molar-refractivity contribution is 7.94. The van der Waals surface area contributed by atoms with Crippen LogP contribution in [0.2, 0.25) is 0 Å². The largest absolute Gasteiger partial charge is 0.497 e. The number of sulfone groups is 1. The zero-order chi connectivity index (χ0) is 37.5. The zero-order valence-electron chi connectivity index (χ0n) is 28.2. The number of sulfonamides is 1. The third-order valence-electron chi connectivity index (χ3n) is 8.75. The van der Waals surface area contributed by atoms with Crippen LogP contribution in [0.5, 0.6) is 11.5 Å². The van der Waals surface area contributed by atoms with E-state index in [0.29, 0.717) is 17.1 Å². The number of methoxy groups -OCH3 is 2. The number of nitrogens with zero attached hydrogens (tertiary/aromatic N) is 5. The third kappa shape index (κ3) is 6.91. The van der Waals surface area contributed by atoms with E-state index < -0.39 is 40.9 Å². The van der Waals surface area contributed by atoms with Crippen molar-refractivity contribution in [2.45, 2.75) is 28.1 Å². The summed E-state index contributed by atoms with van der Waals surface area (Å²) < 4.78 is 70.9. The average Bonchev–Trinajstić information content (AvgIpc) is 3.75. The highest BCUT2D eigenvalue weighted by atomic mass is 32.2. The van der Waals surface area contributed by atoms with E-state index in [1.807, 2.05) is 0 Å². The number of hydrogen-bond acceptors (Lipinski definition) is 14. The van der Waals surface area contributed by atoms with Gasteiger partial charge in [-0.15, -0.1) is 10.2 Å². The van der Waals surface area contributed by atoms with Gasteiger partial charge in [-0.05, 0) is 58.3 Å². The lowest BCUT2D eigenvalue weighted by Gasteiger charge is -2.28. The second-order valence-electron chi connectivity index (χ2n) is 12.0. The van der Waals surface area contributed by atoms with Crippen LogP contribution in [-0.4, -0.2) is 85.7 Å². The van der Waals surface area contributed by atoms with Crippen molar-refractivity contribution >= 4 is 52.5 Å². The van der Waals surface area contributed by atoms with Gasteiger partial charge in [-0.1, -0.05) is 47.7 Å². The summed E-state index contributed by atoms with van der Waals surface area (Å²) in [6, 6.07) is 19.4. The summed E-state index contributed by atoms with van der Waals surface area (Å²) in [7, 11) is -5.88. The Hall–Kier alpha value is -5.47. The smallest absolute Gasteiger partial charge is 0.337 e. The van der Waals surface area contributed by atoms with Gasteiger partial charge in [-0.25, -0.2) is 31.3 Å². The monoisotopic (exact) mass is 776 g/mol. The normalized spacial score (nSPS) is 13.5. The number of benzene rings is 4. The molecule has 19 heteroatoms. The summed E-state index contributed by atoms with van der Waals surface area (Å²) in [6.45, 7) is 0.196. The molecule has 53 heavy (non-hydrogen) atoms. The number of carboxylic acids is 1. The van der Waals surface area contributed by atoms with Gasteiger partial charge >= 0.3 is 5.97 Å². The van der Waals surface area contributed by atoms with E-state index in [-0.39, 0.29) is 69.6 Å². The number of anilines is 1. The molecule has 0 spiro atoms. The third-order valence-corrected chi connectivity index (χ3v) is 13.4. The Morgan fingerprint density at radius 3 is 2.19 bits per heavy atom. The molecule has 1 saturated heterocycles. The lowest BCUT2D eigenvalue weighted by atomic mass is 9.97. The lowest BCUT2D eigenvalue weighted by molar-refractivity contribution is 0.0699. The Morgan fingerprint density at radius 2 is 1.58 bits per heavy atom. The Kier molecular flexibility index (Phi) is 9.60. The maximum atomic E-state index is 14.7. The first-order valence-electron chi connectivity index (χ1n) is 16.0. The molecule has 1 fully saturated rings. The molecule has 1 aliphatic rings. The number of nitrogen functional groups attached to an aromatic ring is 1. The highest BCUT2D eigenvalue weighted by Gasteiger charge is 2.40. The zero-order valence-corrected chi connectivity index (χ0v) is 30.6. The topological polar surface area (TPSA) is 231 Å². The first-order valence-corrected chi connectivity index (χ1v) is 19.8. The Bertz CT molecular complexity index is 2570. The van der Waals surface area contributed by atoms with Crippen molar-refractivity contribution in [1.29, 1.82) is 0 Å². The van der Waals surface area contributed by atoms with Crippen molar-refractivity contribution in [2.24, 2.45) is 0 Å². The quantitative estimate of drug-likeness (QED) is 0.132. The summed E-state index contributed by atoms with van der Waals surface area (Å²) in [5.74, 6) is -0.193. The number of carbonyl (C=O) groups is 1. The van der Waals surface area contributed by atoms with Gasteiger partial charge in [0, 0.05) is 25.2 Å². The molecule has 0 radical (unpaired) electrons. The van der Waals surface area contributed by atoms with Gasteiger partial charge in [0.2, 0.25) is 15.8 Å². The standard InChI is InChI=1S/C34H32N8O8S3/c1-49-21-7-3-19(4-8-21)15-37-53(47,48)31-27(52(45,46)23-16-36-17-23)14-13-24(25-11-12-26(33(43)44)30-29(25)38-34(35)51-30)28(31)32-39-41-42(40-32)18-20-5-9-22(50-2)10-6-20/h3-14,23,36-37H,15-18H2,1-2H3,(H2,35,38)(H,43,44). The number of nitrogens with one attached hydrogen (secondary N) is 2. The maximum Gasteiger partial charge on any atom is 0.337 e. The molecule has 6 aromatic rings. The number of ether oxygens (including phenoxy) is 2. The number of tetrazole rings is 1. The molecule has 0 aliphatic carbocycles. The second-order valence-corrected chi connectivity index (χ2v) is 16.9. The molecule has 3 heterocycles. The fraction of sp³-hybridized carbons (Fsp3) is 0.206. The molecular weight excluding hydrogens is 745 g/mol. The van der Waals surface area contributed by atoms with Gasteiger partial charge in [-0.2, -0.15) is 4.80 Å². The van der Waals surface area contributed by atoms with Crippen molar-refractivity contribution in [3.63, 3.8) is 0 Å². The molecule has 0 saturated carbocycles. The molecule has 7 rings (SSSR count). The number of rotatable bonds is 13. The minimum absolute atomic E-state index is 0.0613. The van der Waals surface area contributed by atoms with E-state index >= 15 is 0 Å². The summed E-state index contributed by atoms with van der Waals surface area (Å²) in [6.07, 6.45) is 0. The number of aromatic carboxylic acids is 1. The summed E-state index contributed by atoms with van der Waals surface area (Å²) in [5.41, 5.74) is 7.81. The number of nitrogens with two attached hydrogens (primary N) is 1. The first kappa shape index (κ1) is 35.9. The van der Waals surface area contributed by atoms with Crippen LogP contribution in [0, 0.1) is 0 Å². The van der Waals surface area contributed by atoms with E-state index in [0.717, 1.165) is 16.9 Å². The highest BCUT2D eigenvalue weighted by Crippen LogP contribution is 2.44. The molecule has 16 nitrogen and oxygen atoms in total. The van der Waals surface area contributed by atoms with E-state index in [1.54, 1.807) is 55.6 Å². The molecular formula is C34H32N8O8S3. The Balaban J connectivity index is 1.46. The van der Waals surface area contributed by atoms with Crippen LogP contribution in [0.3, 0.4) is 0 Å². The van der Waals surface area contributed by atoms with Crippen LogP contribution in [0.25, 0.3) is 32.7 Å². The minimum atomic E-state index is -4.69. The van der Waals surface area contributed by atoms with Crippen molar-refractivity contribution in [1.82, 2.24) is 35.2 Å². The van der Waals surface area contributed by atoms with Gasteiger partial charge in [0.15, 0.2) is 15.0 Å². The number of hydrogen-bond donors (Lipinski definition) is 4. The number of fused-ring (bicyclic) bond motifs is 1. The van der Waals surface area contributed by atoms with Gasteiger partial charge in [0.25, 0.3) is 0 Å². The van der Waals surface area contributed by atoms with Gasteiger partial charge in [-0.3, -0.25) is 0 Å². The van der Waals surface area contributed by atoms with Crippen LogP contribution in [0.15, 0.2) is 82.6 Å². The summed E-state index contributed by atoms with van der Waals surface area (Å²) in [4.78, 5) is 16.8. The summed E-state index contributed by atoms with van der Waals surface area (Å²) in [5, 5.41) is 25.1. The van der Waals surface area contributed by atoms with Gasteiger partial charge in [0.1, 0.15) is 16.4 Å². The van der Waals surface area contributed by atoms with E-state index in [1.165, 1.54) is 36.2 Å². The predicted octanol–water partition coefficient (Wildman–Crippen LogP) is 3.19. The molecule has 274 valence electrons. The molecule has 0 atom stereocenters. The molecule has 1 aliphatic heterocycles. The molecule has 5 N–H and O–H groups in total. The van der Waals surface area contributed by atoms with Crippen molar-refractivity contribution in [3.8, 4) is 34.0 Å². The molecule has 4 aromatic carbocycles. The molecule has 2 aromatic heterocycles. The maximum absolute atomic E-state index is 14.7. The molecule has 0 bridgehead atoms. The van der Waals surface area contributed by atoms with E-state index in [4.69, 9.17) is 15.2 Å². The summed E-state index contributed by atoms with van der Waals surface area (Å²) >= 11 is 0.952. The van der Waals surface area contributed by atoms with Crippen LogP contribution >= 0.6 is 11.3 Å². The van der Waals surface area contributed by atoms with Crippen LogP contribution in [-0.2, 0) is 33.0 Å². The molecule has 0 amide bonds. The predicted molar refractivity (Wildman–Crippen MR) is 196 cm³/mol. The van der Waals surface area contributed by atoms with Crippen LogP contribution in [0.1, 0.15) is 21.5 Å². The van der Waals surface area contributed by atoms with Crippen molar-refractivity contribution in [3.05, 3.63) is 89.5 Å². The second kappa shape index (κ2) is 14.2. The van der Waals surface area contributed by atoms with Crippen LogP contribution in [0.4, 0.5) is 5.13 Å². The number of carboxylic acid groups (broad SMARTS) is 1. The Morgan fingerprint density at radius 1 is 0.943 bits per heavy atom. The molecule has 0 unspecified atom stereocenters. The van der Waals surface area contributed by atoms with Crippen molar-refractivity contribution < 1.29 is 36.2 Å². The lowest BCUT2D eigenvalue weighted by Crippen LogP contribution is -2.51. The number of thiazole rings is 1. The SMILES string of the molecule is COc1ccc(CNS(=O)(=O)c2c(S(=O)(=O)C3CNC3)ccc(-c3ccc(C(=O)O)c4sc(N)nc34)c2-c2nnn(Cc3ccc(OC)cc3)n2)cc1. The Labute approximate surface area is 307 Å². The van der Waals surface area contributed by atoms with E-state index in [2.05, 4.69) is 30.4 Å². The number of aromatic nitrogens is 5. The minimum Gasteiger partial charge on any atom is -0.497 e.